The molecule has 2 aromatic carbocycles. The fourth-order valence-corrected chi connectivity index (χ4v) is 2.30. The summed E-state index contributed by atoms with van der Waals surface area (Å²) in [6, 6.07) is 11.0. The molecule has 24 heavy (non-hydrogen) atoms. The topological polar surface area (TPSA) is 55.4 Å². The molecule has 0 bridgehead atoms. The molecule has 0 unspecified atom stereocenters. The molecule has 1 amide bonds. The highest BCUT2D eigenvalue weighted by molar-refractivity contribution is 6.30. The van der Waals surface area contributed by atoms with E-state index in [4.69, 9.17) is 16.3 Å². The van der Waals surface area contributed by atoms with Gasteiger partial charge in [0.25, 0.3) is 5.91 Å². The Balaban J connectivity index is 1.74. The summed E-state index contributed by atoms with van der Waals surface area (Å²) in [5.41, 5.74) is 2.26. The molecule has 0 radical (unpaired) electrons. The van der Waals surface area contributed by atoms with Crippen LogP contribution in [0, 0.1) is 12.7 Å². The molecular weight excluding hydrogens is 333 g/mol. The zero-order valence-electron chi connectivity index (χ0n) is 13.1. The smallest absolute Gasteiger partial charge is 0.306 e. The van der Waals surface area contributed by atoms with Crippen LogP contribution in [0.3, 0.4) is 0 Å². The Morgan fingerprint density at radius 3 is 2.54 bits per heavy atom. The highest BCUT2D eigenvalue weighted by atomic mass is 35.5. The van der Waals surface area contributed by atoms with Gasteiger partial charge in [-0.2, -0.15) is 0 Å². The van der Waals surface area contributed by atoms with Crippen molar-refractivity contribution in [3.05, 3.63) is 64.4 Å². The van der Waals surface area contributed by atoms with Gasteiger partial charge in [0.15, 0.2) is 6.61 Å². The van der Waals surface area contributed by atoms with Crippen LogP contribution in [-0.2, 0) is 20.7 Å². The molecule has 0 fully saturated rings. The number of nitrogens with one attached hydrogen (secondary N) is 1. The average molecular weight is 350 g/mol. The fourth-order valence-electron chi connectivity index (χ4n) is 2.07. The second kappa shape index (κ2) is 8.45. The Labute approximate surface area is 144 Å². The van der Waals surface area contributed by atoms with E-state index in [0.717, 1.165) is 11.1 Å². The molecule has 6 heteroatoms. The lowest BCUT2D eigenvalue weighted by Crippen LogP contribution is -2.21. The first-order chi connectivity index (χ1) is 11.4. The van der Waals surface area contributed by atoms with Crippen molar-refractivity contribution in [1.29, 1.82) is 0 Å². The Morgan fingerprint density at radius 1 is 1.17 bits per heavy atom. The summed E-state index contributed by atoms with van der Waals surface area (Å²) in [7, 11) is 0. The number of hydrogen-bond donors (Lipinski definition) is 1. The number of halogens is 2. The SMILES string of the molecule is Cc1cc(Cl)ccc1NC(=O)COC(=O)CCc1ccc(F)cc1. The van der Waals surface area contributed by atoms with Gasteiger partial charge in [0.1, 0.15) is 5.82 Å². The molecule has 2 rings (SSSR count). The summed E-state index contributed by atoms with van der Waals surface area (Å²) in [5, 5.41) is 3.24. The maximum absolute atomic E-state index is 12.8. The minimum absolute atomic E-state index is 0.124. The lowest BCUT2D eigenvalue weighted by Gasteiger charge is -2.09. The first-order valence-electron chi connectivity index (χ1n) is 7.40. The van der Waals surface area contributed by atoms with Crippen molar-refractivity contribution in [2.24, 2.45) is 0 Å². The fraction of sp³-hybridized carbons (Fsp3) is 0.222. The second-order valence-electron chi connectivity index (χ2n) is 5.29. The number of rotatable bonds is 6. The Kier molecular flexibility index (Phi) is 6.32. The summed E-state index contributed by atoms with van der Waals surface area (Å²) >= 11 is 5.85. The van der Waals surface area contributed by atoms with E-state index in [1.807, 2.05) is 6.92 Å². The van der Waals surface area contributed by atoms with Gasteiger partial charge < -0.3 is 10.1 Å². The average Bonchev–Trinajstić information content (AvgIpc) is 2.55. The van der Waals surface area contributed by atoms with Crippen LogP contribution < -0.4 is 5.32 Å². The van der Waals surface area contributed by atoms with E-state index in [2.05, 4.69) is 5.32 Å². The third kappa shape index (κ3) is 5.66. The van der Waals surface area contributed by atoms with Crippen LogP contribution >= 0.6 is 11.6 Å². The monoisotopic (exact) mass is 349 g/mol. The Hall–Kier alpha value is -2.40. The maximum atomic E-state index is 12.8. The first kappa shape index (κ1) is 17.9. The number of ether oxygens (including phenoxy) is 1. The molecular formula is C18H17ClFNO3. The van der Waals surface area contributed by atoms with Crippen molar-refractivity contribution < 1.29 is 18.7 Å². The maximum Gasteiger partial charge on any atom is 0.306 e. The number of aryl methyl sites for hydroxylation is 2. The first-order valence-corrected chi connectivity index (χ1v) is 7.78. The van der Waals surface area contributed by atoms with Gasteiger partial charge >= 0.3 is 5.97 Å². The number of benzene rings is 2. The number of carbonyl (C=O) groups excluding carboxylic acids is 2. The van der Waals surface area contributed by atoms with Crippen molar-refractivity contribution in [2.75, 3.05) is 11.9 Å². The molecule has 0 spiro atoms. The molecule has 126 valence electrons. The van der Waals surface area contributed by atoms with Gasteiger partial charge in [-0.15, -0.1) is 0 Å². The highest BCUT2D eigenvalue weighted by Gasteiger charge is 2.09. The molecule has 0 aliphatic rings. The quantitative estimate of drug-likeness (QED) is 0.805. The van der Waals surface area contributed by atoms with Crippen molar-refractivity contribution in [2.45, 2.75) is 19.8 Å². The van der Waals surface area contributed by atoms with E-state index in [1.165, 1.54) is 12.1 Å². The minimum atomic E-state index is -0.484. The van der Waals surface area contributed by atoms with Crippen molar-refractivity contribution >= 4 is 29.2 Å². The van der Waals surface area contributed by atoms with Crippen LogP contribution in [0.5, 0.6) is 0 Å². The molecule has 0 saturated carbocycles. The van der Waals surface area contributed by atoms with E-state index in [9.17, 15) is 14.0 Å². The molecule has 2 aromatic rings. The van der Waals surface area contributed by atoms with Crippen molar-refractivity contribution in [3.8, 4) is 0 Å². The molecule has 0 aliphatic carbocycles. The van der Waals surface area contributed by atoms with E-state index in [-0.39, 0.29) is 18.8 Å². The lowest BCUT2D eigenvalue weighted by atomic mass is 10.1. The van der Waals surface area contributed by atoms with Crippen molar-refractivity contribution in [1.82, 2.24) is 0 Å². The lowest BCUT2D eigenvalue weighted by molar-refractivity contribution is -0.147. The molecule has 0 aromatic heterocycles. The van der Waals surface area contributed by atoms with Crippen LogP contribution in [-0.4, -0.2) is 18.5 Å². The number of anilines is 1. The van der Waals surface area contributed by atoms with Gasteiger partial charge in [-0.3, -0.25) is 9.59 Å². The number of esters is 1. The molecule has 0 aliphatic heterocycles. The molecule has 0 atom stereocenters. The Morgan fingerprint density at radius 2 is 1.88 bits per heavy atom. The number of amides is 1. The minimum Gasteiger partial charge on any atom is -0.456 e. The van der Waals surface area contributed by atoms with Gasteiger partial charge in [-0.05, 0) is 54.8 Å². The van der Waals surface area contributed by atoms with E-state index in [1.54, 1.807) is 30.3 Å². The van der Waals surface area contributed by atoms with E-state index >= 15 is 0 Å². The number of carbonyl (C=O) groups is 2. The summed E-state index contributed by atoms with van der Waals surface area (Å²) in [5.74, 6) is -1.23. The third-order valence-corrected chi connectivity index (χ3v) is 3.59. The molecule has 1 N–H and O–H groups in total. The second-order valence-corrected chi connectivity index (χ2v) is 5.73. The van der Waals surface area contributed by atoms with Crippen LogP contribution in [0.25, 0.3) is 0 Å². The summed E-state index contributed by atoms with van der Waals surface area (Å²) in [6.45, 7) is 1.46. The summed E-state index contributed by atoms with van der Waals surface area (Å²) < 4.78 is 17.7. The standard InChI is InChI=1S/C18H17ClFNO3/c1-12-10-14(19)5-8-16(12)21-17(22)11-24-18(23)9-4-13-2-6-15(20)7-3-13/h2-3,5-8,10H,4,9,11H2,1H3,(H,21,22). The van der Waals surface area contributed by atoms with Gasteiger partial charge in [0.2, 0.25) is 0 Å². The zero-order valence-corrected chi connectivity index (χ0v) is 13.9. The highest BCUT2D eigenvalue weighted by Crippen LogP contribution is 2.19. The molecule has 0 saturated heterocycles. The summed E-state index contributed by atoms with van der Waals surface area (Å²) in [6.07, 6.45) is 0.551. The normalized spacial score (nSPS) is 10.3. The summed E-state index contributed by atoms with van der Waals surface area (Å²) in [4.78, 5) is 23.5. The van der Waals surface area contributed by atoms with Crippen LogP contribution in [0.4, 0.5) is 10.1 Å². The van der Waals surface area contributed by atoms with Crippen LogP contribution in [0.15, 0.2) is 42.5 Å². The zero-order chi connectivity index (χ0) is 17.5. The third-order valence-electron chi connectivity index (χ3n) is 3.36. The van der Waals surface area contributed by atoms with Gasteiger partial charge in [0.05, 0.1) is 0 Å². The molecule has 4 nitrogen and oxygen atoms in total. The van der Waals surface area contributed by atoms with Crippen LogP contribution in [0.1, 0.15) is 17.5 Å². The van der Waals surface area contributed by atoms with Gasteiger partial charge in [-0.1, -0.05) is 23.7 Å². The predicted molar refractivity (Wildman–Crippen MR) is 90.5 cm³/mol. The number of hydrogen-bond acceptors (Lipinski definition) is 3. The van der Waals surface area contributed by atoms with E-state index < -0.39 is 11.9 Å². The largest absolute Gasteiger partial charge is 0.456 e. The van der Waals surface area contributed by atoms with E-state index in [0.29, 0.717) is 17.1 Å². The molecule has 0 heterocycles. The van der Waals surface area contributed by atoms with Gasteiger partial charge in [-0.25, -0.2) is 4.39 Å². The van der Waals surface area contributed by atoms with Crippen LogP contribution in [0.2, 0.25) is 5.02 Å². The van der Waals surface area contributed by atoms with Crippen molar-refractivity contribution in [3.63, 3.8) is 0 Å². The Bertz CT molecular complexity index is 732. The van der Waals surface area contributed by atoms with Gasteiger partial charge in [0, 0.05) is 17.1 Å². The predicted octanol–water partition coefficient (Wildman–Crippen LogP) is 3.90.